The van der Waals surface area contributed by atoms with Crippen molar-refractivity contribution in [2.24, 2.45) is 5.92 Å². The fraction of sp³-hybridized carbons (Fsp3) is 0.667. The van der Waals surface area contributed by atoms with Crippen LogP contribution in [0.2, 0.25) is 0 Å². The quantitative estimate of drug-likeness (QED) is 0.726. The Bertz CT molecular complexity index is 387. The van der Waals surface area contributed by atoms with Gasteiger partial charge in [-0.3, -0.25) is 0 Å². The maximum absolute atomic E-state index is 5.21. The van der Waals surface area contributed by atoms with E-state index in [4.69, 9.17) is 9.47 Å². The third-order valence-corrected chi connectivity index (χ3v) is 3.86. The van der Waals surface area contributed by atoms with Crippen molar-refractivity contribution in [2.75, 3.05) is 14.2 Å². The highest BCUT2D eigenvalue weighted by Crippen LogP contribution is 2.64. The van der Waals surface area contributed by atoms with Crippen molar-refractivity contribution < 1.29 is 9.47 Å². The van der Waals surface area contributed by atoms with Gasteiger partial charge in [0, 0.05) is 25.8 Å². The van der Waals surface area contributed by atoms with Crippen LogP contribution in [0.5, 0.6) is 0 Å². The van der Waals surface area contributed by atoms with Gasteiger partial charge < -0.3 is 9.47 Å². The molecule has 1 aromatic heterocycles. The SMILES string of the molecule is COC(OC)c1ccnc(C23CC(C2)C3)n1. The van der Waals surface area contributed by atoms with Gasteiger partial charge in [0.25, 0.3) is 0 Å². The number of hydrogen-bond donors (Lipinski definition) is 0. The molecule has 1 aromatic rings. The monoisotopic (exact) mass is 220 g/mol. The summed E-state index contributed by atoms with van der Waals surface area (Å²) < 4.78 is 10.4. The van der Waals surface area contributed by atoms with Crippen LogP contribution in [-0.2, 0) is 14.9 Å². The van der Waals surface area contributed by atoms with E-state index in [9.17, 15) is 0 Å². The molecule has 2 bridgehead atoms. The lowest BCUT2D eigenvalue weighted by molar-refractivity contribution is -0.109. The van der Waals surface area contributed by atoms with Crippen LogP contribution >= 0.6 is 0 Å². The highest BCUT2D eigenvalue weighted by Gasteiger charge is 2.59. The second kappa shape index (κ2) is 3.50. The predicted octanol–water partition coefficient (Wildman–Crippen LogP) is 1.82. The fourth-order valence-corrected chi connectivity index (χ4v) is 2.85. The van der Waals surface area contributed by atoms with Gasteiger partial charge in [-0.15, -0.1) is 0 Å². The third kappa shape index (κ3) is 1.30. The topological polar surface area (TPSA) is 44.2 Å². The molecular formula is C12H16N2O2. The fourth-order valence-electron chi connectivity index (χ4n) is 2.85. The van der Waals surface area contributed by atoms with Crippen LogP contribution < -0.4 is 0 Å². The summed E-state index contributed by atoms with van der Waals surface area (Å²) in [5.41, 5.74) is 1.12. The Balaban J connectivity index is 1.87. The van der Waals surface area contributed by atoms with Gasteiger partial charge in [0.2, 0.25) is 6.29 Å². The summed E-state index contributed by atoms with van der Waals surface area (Å²) >= 11 is 0. The Hall–Kier alpha value is -1.00. The van der Waals surface area contributed by atoms with Crippen LogP contribution in [0.4, 0.5) is 0 Å². The molecule has 4 heteroatoms. The summed E-state index contributed by atoms with van der Waals surface area (Å²) in [6.07, 6.45) is 5.22. The van der Waals surface area contributed by atoms with Crippen molar-refractivity contribution in [2.45, 2.75) is 31.0 Å². The number of hydrogen-bond acceptors (Lipinski definition) is 4. The largest absolute Gasteiger partial charge is 0.350 e. The van der Waals surface area contributed by atoms with E-state index in [1.807, 2.05) is 12.3 Å². The molecule has 3 aliphatic carbocycles. The average molecular weight is 220 g/mol. The van der Waals surface area contributed by atoms with E-state index in [2.05, 4.69) is 9.97 Å². The summed E-state index contributed by atoms with van der Waals surface area (Å²) in [4.78, 5) is 8.99. The van der Waals surface area contributed by atoms with E-state index >= 15 is 0 Å². The molecule has 0 atom stereocenters. The van der Waals surface area contributed by atoms with Gasteiger partial charge in [-0.1, -0.05) is 0 Å². The molecule has 0 N–H and O–H groups in total. The van der Waals surface area contributed by atoms with Gasteiger partial charge in [-0.2, -0.15) is 0 Å². The van der Waals surface area contributed by atoms with E-state index in [1.165, 1.54) is 19.3 Å². The molecule has 86 valence electrons. The first-order valence-electron chi connectivity index (χ1n) is 5.66. The second-order valence-corrected chi connectivity index (χ2v) is 4.87. The zero-order valence-corrected chi connectivity index (χ0v) is 9.64. The highest BCUT2D eigenvalue weighted by molar-refractivity contribution is 5.25. The Kier molecular flexibility index (Phi) is 2.23. The molecule has 4 nitrogen and oxygen atoms in total. The minimum absolute atomic E-state index is 0.298. The van der Waals surface area contributed by atoms with Crippen LogP contribution in [0.1, 0.15) is 37.1 Å². The Morgan fingerprint density at radius 3 is 2.50 bits per heavy atom. The lowest BCUT2D eigenvalue weighted by Gasteiger charge is -2.60. The van der Waals surface area contributed by atoms with E-state index in [1.54, 1.807) is 14.2 Å². The minimum Gasteiger partial charge on any atom is -0.350 e. The Morgan fingerprint density at radius 1 is 1.31 bits per heavy atom. The first-order valence-corrected chi connectivity index (χ1v) is 5.66. The van der Waals surface area contributed by atoms with E-state index in [0.717, 1.165) is 17.4 Å². The van der Waals surface area contributed by atoms with Gasteiger partial charge in [-0.05, 0) is 31.2 Å². The minimum atomic E-state index is -0.380. The molecular weight excluding hydrogens is 204 g/mol. The van der Waals surface area contributed by atoms with Crippen LogP contribution in [0.3, 0.4) is 0 Å². The van der Waals surface area contributed by atoms with Gasteiger partial charge in [-0.25, -0.2) is 9.97 Å². The van der Waals surface area contributed by atoms with Gasteiger partial charge in [0.15, 0.2) is 0 Å². The zero-order valence-electron chi connectivity index (χ0n) is 9.64. The lowest BCUT2D eigenvalue weighted by atomic mass is 9.44. The smallest absolute Gasteiger partial charge is 0.200 e. The summed E-state index contributed by atoms with van der Waals surface area (Å²) in [5, 5.41) is 0. The molecule has 3 fully saturated rings. The molecule has 4 rings (SSSR count). The molecule has 3 aliphatic rings. The number of aromatic nitrogens is 2. The van der Waals surface area contributed by atoms with Crippen LogP contribution in [-0.4, -0.2) is 24.2 Å². The van der Waals surface area contributed by atoms with Crippen molar-refractivity contribution in [1.29, 1.82) is 0 Å². The maximum atomic E-state index is 5.21. The molecule has 3 saturated carbocycles. The van der Waals surface area contributed by atoms with Crippen molar-refractivity contribution in [3.05, 3.63) is 23.8 Å². The van der Waals surface area contributed by atoms with Crippen molar-refractivity contribution >= 4 is 0 Å². The summed E-state index contributed by atoms with van der Waals surface area (Å²) in [7, 11) is 3.24. The molecule has 0 aliphatic heterocycles. The molecule has 16 heavy (non-hydrogen) atoms. The van der Waals surface area contributed by atoms with E-state index in [-0.39, 0.29) is 6.29 Å². The van der Waals surface area contributed by atoms with Crippen molar-refractivity contribution in [1.82, 2.24) is 9.97 Å². The maximum Gasteiger partial charge on any atom is 0.200 e. The Morgan fingerprint density at radius 2 is 2.00 bits per heavy atom. The van der Waals surface area contributed by atoms with Crippen LogP contribution in [0, 0.1) is 5.92 Å². The van der Waals surface area contributed by atoms with Gasteiger partial charge in [0.1, 0.15) is 5.82 Å². The molecule has 0 unspecified atom stereocenters. The van der Waals surface area contributed by atoms with Crippen molar-refractivity contribution in [3.63, 3.8) is 0 Å². The lowest BCUT2D eigenvalue weighted by Crippen LogP contribution is -2.56. The first-order chi connectivity index (χ1) is 7.77. The van der Waals surface area contributed by atoms with Crippen LogP contribution in [0.15, 0.2) is 12.3 Å². The van der Waals surface area contributed by atoms with Crippen molar-refractivity contribution in [3.8, 4) is 0 Å². The molecule has 0 radical (unpaired) electrons. The summed E-state index contributed by atoms with van der Waals surface area (Å²) in [5.74, 6) is 1.92. The normalized spacial score (nSPS) is 31.1. The number of nitrogens with zero attached hydrogens (tertiary/aromatic N) is 2. The molecule has 1 heterocycles. The zero-order chi connectivity index (χ0) is 11.2. The van der Waals surface area contributed by atoms with E-state index in [0.29, 0.717) is 5.41 Å². The van der Waals surface area contributed by atoms with E-state index < -0.39 is 0 Å². The Labute approximate surface area is 95.0 Å². The molecule has 0 aromatic carbocycles. The van der Waals surface area contributed by atoms with Gasteiger partial charge >= 0.3 is 0 Å². The van der Waals surface area contributed by atoms with Gasteiger partial charge in [0.05, 0.1) is 5.69 Å². The third-order valence-electron chi connectivity index (χ3n) is 3.86. The summed E-state index contributed by atoms with van der Waals surface area (Å²) in [6.45, 7) is 0. The number of rotatable bonds is 4. The molecule has 0 spiro atoms. The standard InChI is InChI=1S/C12H16N2O2/c1-15-10(16-2)9-3-4-13-11(14-9)12-5-8(6-12)7-12/h3-4,8,10H,5-7H2,1-2H3. The second-order valence-electron chi connectivity index (χ2n) is 4.87. The van der Waals surface area contributed by atoms with Crippen LogP contribution in [0.25, 0.3) is 0 Å². The molecule has 0 saturated heterocycles. The average Bonchev–Trinajstić information content (AvgIpc) is 2.15. The number of ether oxygens (including phenoxy) is 2. The molecule has 0 amide bonds. The predicted molar refractivity (Wildman–Crippen MR) is 57.8 cm³/mol. The summed E-state index contributed by atoms with van der Waals surface area (Å²) in [6, 6.07) is 1.85. The first kappa shape index (κ1) is 10.2. The number of methoxy groups -OCH3 is 2. The highest BCUT2D eigenvalue weighted by atomic mass is 16.7.